The van der Waals surface area contributed by atoms with Crippen LogP contribution in [0.2, 0.25) is 0 Å². The van der Waals surface area contributed by atoms with Crippen LogP contribution in [-0.4, -0.2) is 50.2 Å². The van der Waals surface area contributed by atoms with Gasteiger partial charge >= 0.3 is 0 Å². The third kappa shape index (κ3) is 2.71. The average molecular weight is 332 g/mol. The van der Waals surface area contributed by atoms with Crippen molar-refractivity contribution in [1.29, 1.82) is 0 Å². The summed E-state index contributed by atoms with van der Waals surface area (Å²) in [5.41, 5.74) is 0. The van der Waals surface area contributed by atoms with E-state index in [9.17, 15) is 4.79 Å². The molecule has 2 aliphatic rings. The SMILES string of the molecule is Cc1nnc2n1CCN(C(=O)[C@@H]1CCCN(c3nccs3)C1)C2. The van der Waals surface area contributed by atoms with Gasteiger partial charge in [-0.25, -0.2) is 4.98 Å². The van der Waals surface area contributed by atoms with Gasteiger partial charge in [0.2, 0.25) is 5.91 Å². The summed E-state index contributed by atoms with van der Waals surface area (Å²) >= 11 is 1.64. The van der Waals surface area contributed by atoms with Gasteiger partial charge in [0.1, 0.15) is 5.82 Å². The molecule has 122 valence electrons. The molecular formula is C15H20N6OS. The molecule has 2 aromatic heterocycles. The van der Waals surface area contributed by atoms with Crippen LogP contribution in [0, 0.1) is 12.8 Å². The molecule has 0 radical (unpaired) electrons. The quantitative estimate of drug-likeness (QED) is 0.829. The molecule has 0 bridgehead atoms. The van der Waals surface area contributed by atoms with Crippen LogP contribution in [0.25, 0.3) is 0 Å². The Balaban J connectivity index is 1.45. The van der Waals surface area contributed by atoms with Crippen molar-refractivity contribution in [2.24, 2.45) is 5.92 Å². The van der Waals surface area contributed by atoms with Crippen LogP contribution in [0.4, 0.5) is 5.13 Å². The van der Waals surface area contributed by atoms with Crippen LogP contribution < -0.4 is 4.90 Å². The van der Waals surface area contributed by atoms with Gasteiger partial charge in [-0.3, -0.25) is 4.79 Å². The highest BCUT2D eigenvalue weighted by molar-refractivity contribution is 7.13. The van der Waals surface area contributed by atoms with Crippen molar-refractivity contribution in [1.82, 2.24) is 24.6 Å². The summed E-state index contributed by atoms with van der Waals surface area (Å²) in [4.78, 5) is 21.5. The molecule has 8 heteroatoms. The van der Waals surface area contributed by atoms with Gasteiger partial charge in [0.05, 0.1) is 12.5 Å². The number of rotatable bonds is 2. The van der Waals surface area contributed by atoms with Crippen molar-refractivity contribution in [2.45, 2.75) is 32.9 Å². The largest absolute Gasteiger partial charge is 0.347 e. The van der Waals surface area contributed by atoms with Crippen LogP contribution in [0.3, 0.4) is 0 Å². The number of carbonyl (C=O) groups is 1. The summed E-state index contributed by atoms with van der Waals surface area (Å²) in [6.45, 7) is 5.84. The Hall–Kier alpha value is -1.96. The van der Waals surface area contributed by atoms with Crippen LogP contribution in [0.15, 0.2) is 11.6 Å². The van der Waals surface area contributed by atoms with Gasteiger partial charge in [-0.2, -0.15) is 0 Å². The molecule has 1 saturated heterocycles. The molecular weight excluding hydrogens is 312 g/mol. The second-order valence-electron chi connectivity index (χ2n) is 6.17. The van der Waals surface area contributed by atoms with Crippen LogP contribution in [0.1, 0.15) is 24.5 Å². The fourth-order valence-electron chi connectivity index (χ4n) is 3.47. The maximum atomic E-state index is 12.9. The zero-order chi connectivity index (χ0) is 15.8. The Morgan fingerprint density at radius 1 is 1.30 bits per heavy atom. The number of hydrogen-bond donors (Lipinski definition) is 0. The number of amides is 1. The lowest BCUT2D eigenvalue weighted by Gasteiger charge is -2.36. The fourth-order valence-corrected chi connectivity index (χ4v) is 4.15. The number of piperidine rings is 1. The van der Waals surface area contributed by atoms with E-state index in [1.807, 2.05) is 23.4 Å². The van der Waals surface area contributed by atoms with E-state index in [1.54, 1.807) is 11.3 Å². The standard InChI is InChI=1S/C15H20N6OS/c1-11-17-18-13-10-19(6-7-21(11)13)14(22)12-3-2-5-20(9-12)15-16-4-8-23-15/h4,8,12H,2-3,5-7,9-10H2,1H3/t12-/m1/s1. The molecule has 0 N–H and O–H groups in total. The molecule has 7 nitrogen and oxygen atoms in total. The lowest BCUT2D eigenvalue weighted by atomic mass is 9.96. The van der Waals surface area contributed by atoms with Crippen LogP contribution >= 0.6 is 11.3 Å². The number of hydrogen-bond acceptors (Lipinski definition) is 6. The molecule has 2 aliphatic heterocycles. The molecule has 1 amide bonds. The molecule has 0 aromatic carbocycles. The summed E-state index contributed by atoms with van der Waals surface area (Å²) in [7, 11) is 0. The van der Waals surface area contributed by atoms with Gasteiger partial charge in [0, 0.05) is 37.8 Å². The Labute approximate surface area is 138 Å². The van der Waals surface area contributed by atoms with E-state index in [2.05, 4.69) is 24.6 Å². The molecule has 23 heavy (non-hydrogen) atoms. The zero-order valence-corrected chi connectivity index (χ0v) is 14.0. The second-order valence-corrected chi connectivity index (χ2v) is 7.05. The first-order chi connectivity index (χ1) is 11.2. The van der Waals surface area contributed by atoms with Crippen molar-refractivity contribution < 1.29 is 4.79 Å². The molecule has 4 rings (SSSR count). The summed E-state index contributed by atoms with van der Waals surface area (Å²) in [5.74, 6) is 2.13. The summed E-state index contributed by atoms with van der Waals surface area (Å²) in [5, 5.41) is 11.3. The second kappa shape index (κ2) is 5.92. The van der Waals surface area contributed by atoms with E-state index < -0.39 is 0 Å². The van der Waals surface area contributed by atoms with Gasteiger partial charge in [-0.1, -0.05) is 0 Å². The van der Waals surface area contributed by atoms with E-state index in [1.165, 1.54) is 0 Å². The number of thiazole rings is 1. The van der Waals surface area contributed by atoms with Crippen LogP contribution in [0.5, 0.6) is 0 Å². The minimum absolute atomic E-state index is 0.0585. The van der Waals surface area contributed by atoms with E-state index in [0.717, 1.165) is 55.8 Å². The van der Waals surface area contributed by atoms with Gasteiger partial charge in [0.25, 0.3) is 0 Å². The molecule has 4 heterocycles. The highest BCUT2D eigenvalue weighted by Gasteiger charge is 2.32. The van der Waals surface area contributed by atoms with Gasteiger partial charge in [-0.15, -0.1) is 21.5 Å². The van der Waals surface area contributed by atoms with E-state index >= 15 is 0 Å². The van der Waals surface area contributed by atoms with Crippen molar-refractivity contribution in [3.05, 3.63) is 23.2 Å². The number of aryl methyl sites for hydroxylation is 1. The van der Waals surface area contributed by atoms with E-state index in [4.69, 9.17) is 0 Å². The summed E-state index contributed by atoms with van der Waals surface area (Å²) in [6.07, 6.45) is 3.83. The first-order valence-electron chi connectivity index (χ1n) is 8.04. The number of nitrogens with zero attached hydrogens (tertiary/aromatic N) is 6. The molecule has 1 fully saturated rings. The van der Waals surface area contributed by atoms with Crippen molar-refractivity contribution in [2.75, 3.05) is 24.5 Å². The molecule has 0 saturated carbocycles. The highest BCUT2D eigenvalue weighted by atomic mass is 32.1. The Morgan fingerprint density at radius 2 is 2.22 bits per heavy atom. The molecule has 1 atom stereocenters. The van der Waals surface area contributed by atoms with E-state index in [-0.39, 0.29) is 11.8 Å². The number of anilines is 1. The predicted molar refractivity (Wildman–Crippen MR) is 87.2 cm³/mol. The highest BCUT2D eigenvalue weighted by Crippen LogP contribution is 2.26. The summed E-state index contributed by atoms with van der Waals surface area (Å²) in [6, 6.07) is 0. The first-order valence-corrected chi connectivity index (χ1v) is 8.92. The lowest BCUT2D eigenvalue weighted by Crippen LogP contribution is -2.47. The Kier molecular flexibility index (Phi) is 3.76. The smallest absolute Gasteiger partial charge is 0.227 e. The molecule has 2 aromatic rings. The number of fused-ring (bicyclic) bond motifs is 1. The number of carbonyl (C=O) groups excluding carboxylic acids is 1. The zero-order valence-electron chi connectivity index (χ0n) is 13.2. The Bertz CT molecular complexity index is 697. The molecule has 0 spiro atoms. The minimum atomic E-state index is 0.0585. The topological polar surface area (TPSA) is 67.2 Å². The van der Waals surface area contributed by atoms with Gasteiger partial charge < -0.3 is 14.4 Å². The maximum Gasteiger partial charge on any atom is 0.227 e. The molecule has 0 unspecified atom stereocenters. The van der Waals surface area contributed by atoms with Crippen molar-refractivity contribution in [3.8, 4) is 0 Å². The Morgan fingerprint density at radius 3 is 3.04 bits per heavy atom. The lowest BCUT2D eigenvalue weighted by molar-refractivity contribution is -0.137. The van der Waals surface area contributed by atoms with Gasteiger partial charge in [0.15, 0.2) is 11.0 Å². The van der Waals surface area contributed by atoms with Crippen molar-refractivity contribution in [3.63, 3.8) is 0 Å². The minimum Gasteiger partial charge on any atom is -0.347 e. The molecule has 0 aliphatic carbocycles. The monoisotopic (exact) mass is 332 g/mol. The van der Waals surface area contributed by atoms with Crippen LogP contribution in [-0.2, 0) is 17.9 Å². The third-order valence-electron chi connectivity index (χ3n) is 4.71. The first kappa shape index (κ1) is 14.6. The third-order valence-corrected chi connectivity index (χ3v) is 5.54. The normalized spacial score (nSPS) is 21.3. The summed E-state index contributed by atoms with van der Waals surface area (Å²) < 4.78 is 2.10. The fraction of sp³-hybridized carbons (Fsp3) is 0.600. The maximum absolute atomic E-state index is 12.9. The van der Waals surface area contributed by atoms with Crippen molar-refractivity contribution >= 4 is 22.4 Å². The van der Waals surface area contributed by atoms with Gasteiger partial charge in [-0.05, 0) is 19.8 Å². The van der Waals surface area contributed by atoms with E-state index in [0.29, 0.717) is 6.54 Å². The number of aromatic nitrogens is 4. The average Bonchev–Trinajstić information content (AvgIpc) is 3.24. The predicted octanol–water partition coefficient (Wildman–Crippen LogP) is 1.30.